The van der Waals surface area contributed by atoms with Gasteiger partial charge in [-0.05, 0) is 37.1 Å². The van der Waals surface area contributed by atoms with Crippen LogP contribution in [0.2, 0.25) is 0 Å². The number of hydrogen-bond acceptors (Lipinski definition) is 6. The van der Waals surface area contributed by atoms with E-state index >= 15 is 0 Å². The van der Waals surface area contributed by atoms with Gasteiger partial charge in [-0.25, -0.2) is 0 Å². The first kappa shape index (κ1) is 16.2. The van der Waals surface area contributed by atoms with E-state index in [4.69, 9.17) is 11.5 Å². The average molecular weight is 315 g/mol. The standard InChI is InChI=1S/C15H17N5O3/c16-13-12(14(23)19-15(17)18-13)2-1-7-20(9-22)11-5-3-10(8-21)4-6-11/h3-6,8-9H,1-2,7H2,(H5,16,17,18,19,23). The smallest absolute Gasteiger partial charge is 0.257 e. The number of amides is 1. The molecular formula is C15H17N5O3. The van der Waals surface area contributed by atoms with Crippen LogP contribution in [0, 0.1) is 0 Å². The molecule has 1 heterocycles. The summed E-state index contributed by atoms with van der Waals surface area (Å²) in [5, 5.41) is 0. The molecule has 8 nitrogen and oxygen atoms in total. The van der Waals surface area contributed by atoms with Crippen molar-refractivity contribution in [3.63, 3.8) is 0 Å². The quantitative estimate of drug-likeness (QED) is 0.631. The molecular weight excluding hydrogens is 298 g/mol. The Labute approximate surface area is 132 Å². The third-order valence-electron chi connectivity index (χ3n) is 3.38. The molecule has 0 aliphatic carbocycles. The highest BCUT2D eigenvalue weighted by Gasteiger charge is 2.10. The number of benzene rings is 1. The van der Waals surface area contributed by atoms with E-state index in [1.165, 1.54) is 4.90 Å². The second kappa shape index (κ2) is 7.21. The normalized spacial score (nSPS) is 10.3. The van der Waals surface area contributed by atoms with E-state index in [0.29, 0.717) is 42.6 Å². The first-order valence-electron chi connectivity index (χ1n) is 6.96. The van der Waals surface area contributed by atoms with Crippen molar-refractivity contribution < 1.29 is 9.59 Å². The summed E-state index contributed by atoms with van der Waals surface area (Å²) in [6.45, 7) is 0.396. The zero-order valence-corrected chi connectivity index (χ0v) is 12.4. The van der Waals surface area contributed by atoms with E-state index in [1.807, 2.05) is 0 Å². The lowest BCUT2D eigenvalue weighted by atomic mass is 10.1. The molecule has 0 fully saturated rings. The van der Waals surface area contributed by atoms with E-state index in [1.54, 1.807) is 24.3 Å². The molecule has 0 saturated carbocycles. The topological polar surface area (TPSA) is 135 Å². The minimum atomic E-state index is -0.372. The molecule has 1 aromatic carbocycles. The maximum absolute atomic E-state index is 11.8. The molecule has 8 heteroatoms. The van der Waals surface area contributed by atoms with Gasteiger partial charge in [-0.15, -0.1) is 0 Å². The number of carbonyl (C=O) groups is 2. The summed E-state index contributed by atoms with van der Waals surface area (Å²) in [6.07, 6.45) is 2.32. The highest BCUT2D eigenvalue weighted by molar-refractivity contribution is 5.79. The van der Waals surface area contributed by atoms with Crippen LogP contribution in [-0.2, 0) is 11.2 Å². The first-order chi connectivity index (χ1) is 11.0. The Balaban J connectivity index is 2.02. The third-order valence-corrected chi connectivity index (χ3v) is 3.38. The Bertz CT molecular complexity index is 755. The van der Waals surface area contributed by atoms with Gasteiger partial charge < -0.3 is 16.4 Å². The Kier molecular flexibility index (Phi) is 5.08. The Morgan fingerprint density at radius 2 is 1.87 bits per heavy atom. The maximum Gasteiger partial charge on any atom is 0.257 e. The van der Waals surface area contributed by atoms with Gasteiger partial charge in [-0.2, -0.15) is 4.98 Å². The summed E-state index contributed by atoms with van der Waals surface area (Å²) in [5.41, 5.74) is 12.3. The Morgan fingerprint density at radius 1 is 1.17 bits per heavy atom. The Morgan fingerprint density at radius 3 is 2.43 bits per heavy atom. The molecule has 1 aromatic heterocycles. The first-order valence-corrected chi connectivity index (χ1v) is 6.96. The summed E-state index contributed by atoms with van der Waals surface area (Å²) >= 11 is 0. The number of carbonyl (C=O) groups excluding carboxylic acids is 2. The number of H-pyrrole nitrogens is 1. The van der Waals surface area contributed by atoms with Gasteiger partial charge >= 0.3 is 0 Å². The number of rotatable bonds is 7. The fourth-order valence-electron chi connectivity index (χ4n) is 2.19. The molecule has 120 valence electrons. The molecule has 0 bridgehead atoms. The van der Waals surface area contributed by atoms with Crippen molar-refractivity contribution in [1.29, 1.82) is 0 Å². The van der Waals surface area contributed by atoms with E-state index in [-0.39, 0.29) is 17.3 Å². The fourth-order valence-corrected chi connectivity index (χ4v) is 2.19. The van der Waals surface area contributed by atoms with Gasteiger partial charge in [-0.3, -0.25) is 19.4 Å². The molecule has 2 aromatic rings. The molecule has 0 spiro atoms. The largest absolute Gasteiger partial charge is 0.383 e. The lowest BCUT2D eigenvalue weighted by molar-refractivity contribution is -0.107. The highest BCUT2D eigenvalue weighted by Crippen LogP contribution is 2.14. The number of nitrogens with two attached hydrogens (primary N) is 2. The summed E-state index contributed by atoms with van der Waals surface area (Å²) < 4.78 is 0. The van der Waals surface area contributed by atoms with Crippen LogP contribution in [-0.4, -0.2) is 29.2 Å². The minimum absolute atomic E-state index is 0.0268. The number of aromatic amines is 1. The molecule has 0 saturated heterocycles. The van der Waals surface area contributed by atoms with Gasteiger partial charge in [0.05, 0.1) is 5.56 Å². The van der Waals surface area contributed by atoms with Crippen LogP contribution in [0.5, 0.6) is 0 Å². The monoisotopic (exact) mass is 315 g/mol. The molecule has 2 rings (SSSR count). The van der Waals surface area contributed by atoms with Crippen molar-refractivity contribution >= 4 is 30.1 Å². The molecule has 0 atom stereocenters. The van der Waals surface area contributed by atoms with Gasteiger partial charge in [0, 0.05) is 17.8 Å². The molecule has 5 N–H and O–H groups in total. The van der Waals surface area contributed by atoms with Crippen LogP contribution < -0.4 is 21.9 Å². The second-order valence-electron chi connectivity index (χ2n) is 4.93. The SMILES string of the molecule is Nc1nc(N)c(CCCN(C=O)c2ccc(C=O)cc2)c(=O)[nH]1. The van der Waals surface area contributed by atoms with Crippen LogP contribution in [0.3, 0.4) is 0 Å². The fraction of sp³-hybridized carbons (Fsp3) is 0.200. The van der Waals surface area contributed by atoms with Crippen LogP contribution in [0.4, 0.5) is 17.5 Å². The summed E-state index contributed by atoms with van der Waals surface area (Å²) in [5.74, 6) is 0.0697. The zero-order valence-electron chi connectivity index (χ0n) is 12.4. The minimum Gasteiger partial charge on any atom is -0.383 e. The van der Waals surface area contributed by atoms with Gasteiger partial charge in [0.2, 0.25) is 12.4 Å². The summed E-state index contributed by atoms with van der Waals surface area (Å²) in [7, 11) is 0. The van der Waals surface area contributed by atoms with E-state index < -0.39 is 0 Å². The summed E-state index contributed by atoms with van der Waals surface area (Å²) in [4.78, 5) is 41.3. The van der Waals surface area contributed by atoms with Crippen molar-refractivity contribution in [3.05, 3.63) is 45.7 Å². The van der Waals surface area contributed by atoms with Gasteiger partial charge in [0.1, 0.15) is 12.1 Å². The van der Waals surface area contributed by atoms with E-state index in [2.05, 4.69) is 9.97 Å². The predicted octanol–water partition coefficient (Wildman–Crippen LogP) is 0.342. The highest BCUT2D eigenvalue weighted by atomic mass is 16.1. The summed E-state index contributed by atoms with van der Waals surface area (Å²) in [6, 6.07) is 6.63. The Hall–Kier alpha value is -3.16. The second-order valence-corrected chi connectivity index (χ2v) is 4.93. The van der Waals surface area contributed by atoms with Crippen LogP contribution in [0.15, 0.2) is 29.1 Å². The van der Waals surface area contributed by atoms with Crippen molar-refractivity contribution in [1.82, 2.24) is 9.97 Å². The molecule has 1 amide bonds. The molecule has 0 aliphatic heterocycles. The van der Waals surface area contributed by atoms with Crippen LogP contribution in [0.1, 0.15) is 22.3 Å². The average Bonchev–Trinajstić information content (AvgIpc) is 2.53. The van der Waals surface area contributed by atoms with Gasteiger partial charge in [0.15, 0.2) is 0 Å². The van der Waals surface area contributed by atoms with Gasteiger partial charge in [-0.1, -0.05) is 0 Å². The van der Waals surface area contributed by atoms with Crippen LogP contribution >= 0.6 is 0 Å². The zero-order chi connectivity index (χ0) is 16.8. The number of aromatic nitrogens is 2. The van der Waals surface area contributed by atoms with Crippen molar-refractivity contribution in [3.8, 4) is 0 Å². The van der Waals surface area contributed by atoms with E-state index in [0.717, 1.165) is 6.29 Å². The number of nitrogens with one attached hydrogen (secondary N) is 1. The number of aldehydes is 1. The molecule has 0 radical (unpaired) electrons. The molecule has 0 unspecified atom stereocenters. The maximum atomic E-state index is 11.8. The number of nitrogens with zero attached hydrogens (tertiary/aromatic N) is 2. The molecule has 0 aliphatic rings. The van der Waals surface area contributed by atoms with E-state index in [9.17, 15) is 14.4 Å². The van der Waals surface area contributed by atoms with Crippen molar-refractivity contribution in [2.24, 2.45) is 0 Å². The predicted molar refractivity (Wildman–Crippen MR) is 87.2 cm³/mol. The van der Waals surface area contributed by atoms with Crippen molar-refractivity contribution in [2.75, 3.05) is 22.9 Å². The van der Waals surface area contributed by atoms with Gasteiger partial charge in [0.25, 0.3) is 5.56 Å². The van der Waals surface area contributed by atoms with Crippen molar-refractivity contribution in [2.45, 2.75) is 12.8 Å². The number of nitrogen functional groups attached to an aromatic ring is 2. The lowest BCUT2D eigenvalue weighted by Gasteiger charge is -2.17. The number of anilines is 3. The number of hydrogen-bond donors (Lipinski definition) is 3. The van der Waals surface area contributed by atoms with Crippen LogP contribution in [0.25, 0.3) is 0 Å². The molecule has 23 heavy (non-hydrogen) atoms. The lowest BCUT2D eigenvalue weighted by Crippen LogP contribution is -2.24. The third kappa shape index (κ3) is 3.94.